The minimum atomic E-state index is -0.550. The van der Waals surface area contributed by atoms with Crippen LogP contribution in [0.2, 0.25) is 0 Å². The molecule has 2 fully saturated rings. The van der Waals surface area contributed by atoms with Crippen LogP contribution in [0, 0.1) is 10.1 Å². The summed E-state index contributed by atoms with van der Waals surface area (Å²) in [6, 6.07) is 9.33. The number of imide groups is 1. The zero-order valence-electron chi connectivity index (χ0n) is 17.2. The molecule has 0 saturated carbocycles. The predicted octanol–water partition coefficient (Wildman–Crippen LogP) is 2.68. The molecule has 3 amide bonds. The van der Waals surface area contributed by atoms with Crippen molar-refractivity contribution >= 4 is 40.6 Å². The maximum absolute atomic E-state index is 12.7. The molecule has 2 aromatic rings. The summed E-state index contributed by atoms with van der Waals surface area (Å²) in [7, 11) is 0. The fourth-order valence-corrected chi connectivity index (χ4v) is 3.97. The van der Waals surface area contributed by atoms with E-state index >= 15 is 0 Å². The van der Waals surface area contributed by atoms with Crippen molar-refractivity contribution in [3.8, 4) is 11.6 Å². The van der Waals surface area contributed by atoms with E-state index in [-0.39, 0.29) is 28.9 Å². The molecule has 0 atom stereocenters. The first kappa shape index (κ1) is 22.4. The van der Waals surface area contributed by atoms with Crippen LogP contribution in [0.15, 0.2) is 47.5 Å². The lowest BCUT2D eigenvalue weighted by Gasteiger charge is -2.28. The Balaban J connectivity index is 1.39. The number of benzene rings is 1. The number of morpholine rings is 1. The lowest BCUT2D eigenvalue weighted by Crippen LogP contribution is -2.46. The fraction of sp³-hybridized carbons (Fsp3) is 0.238. The highest BCUT2D eigenvalue weighted by atomic mass is 32.2. The second-order valence-corrected chi connectivity index (χ2v) is 8.04. The third-order valence-electron chi connectivity index (χ3n) is 4.86. The second-order valence-electron chi connectivity index (χ2n) is 7.04. The Labute approximate surface area is 192 Å². The fourth-order valence-electron chi connectivity index (χ4n) is 3.13. The Hall–Kier alpha value is -3.77. The number of hydrogen-bond acceptors (Lipinski definition) is 9. The number of amides is 3. The van der Waals surface area contributed by atoms with Gasteiger partial charge in [0.15, 0.2) is 0 Å². The number of nitrogens with zero attached hydrogens (tertiary/aromatic N) is 4. The molecule has 2 aliphatic rings. The number of nitro groups is 1. The van der Waals surface area contributed by atoms with Gasteiger partial charge < -0.3 is 14.4 Å². The van der Waals surface area contributed by atoms with Crippen molar-refractivity contribution in [2.75, 3.05) is 32.8 Å². The molecule has 0 radical (unpaired) electrons. The number of carbonyl (C=O) groups excluding carboxylic acids is 3. The summed E-state index contributed by atoms with van der Waals surface area (Å²) in [6.45, 7) is 1.46. The smallest absolute Gasteiger partial charge is 0.294 e. The molecule has 33 heavy (non-hydrogen) atoms. The highest BCUT2D eigenvalue weighted by Crippen LogP contribution is 2.32. The largest absolute Gasteiger partial charge is 0.439 e. The third kappa shape index (κ3) is 5.35. The van der Waals surface area contributed by atoms with Gasteiger partial charge in [-0.1, -0.05) is 12.1 Å². The van der Waals surface area contributed by atoms with Gasteiger partial charge in [-0.05, 0) is 35.5 Å². The van der Waals surface area contributed by atoms with Crippen LogP contribution < -0.4 is 4.74 Å². The molecule has 2 aliphatic heterocycles. The van der Waals surface area contributed by atoms with Gasteiger partial charge in [0.2, 0.25) is 11.8 Å². The van der Waals surface area contributed by atoms with Crippen molar-refractivity contribution in [3.05, 3.63) is 63.2 Å². The van der Waals surface area contributed by atoms with Gasteiger partial charge >= 0.3 is 0 Å². The molecule has 0 N–H and O–H groups in total. The average Bonchev–Trinajstić information content (AvgIpc) is 3.08. The Morgan fingerprint density at radius 1 is 1.18 bits per heavy atom. The van der Waals surface area contributed by atoms with Crippen LogP contribution in [0.3, 0.4) is 0 Å². The van der Waals surface area contributed by atoms with Gasteiger partial charge in [-0.3, -0.25) is 29.4 Å². The number of aromatic nitrogens is 1. The summed E-state index contributed by atoms with van der Waals surface area (Å²) in [5, 5.41) is 10.2. The van der Waals surface area contributed by atoms with Crippen LogP contribution >= 0.6 is 11.8 Å². The first-order chi connectivity index (χ1) is 15.9. The molecule has 1 aromatic carbocycles. The van der Waals surface area contributed by atoms with E-state index in [2.05, 4.69) is 4.98 Å². The molecular formula is C21H18N4O7S. The minimum absolute atomic E-state index is 0.140. The maximum Gasteiger partial charge on any atom is 0.294 e. The zero-order chi connectivity index (χ0) is 23.4. The summed E-state index contributed by atoms with van der Waals surface area (Å²) in [5.74, 6) is -0.164. The van der Waals surface area contributed by atoms with Gasteiger partial charge in [0.05, 0.1) is 23.0 Å². The van der Waals surface area contributed by atoms with E-state index in [0.717, 1.165) is 22.9 Å². The van der Waals surface area contributed by atoms with Gasteiger partial charge in [0.1, 0.15) is 18.5 Å². The molecule has 0 spiro atoms. The quantitative estimate of drug-likeness (QED) is 0.355. The van der Waals surface area contributed by atoms with Gasteiger partial charge in [-0.15, -0.1) is 0 Å². The predicted molar refractivity (Wildman–Crippen MR) is 117 cm³/mol. The molecule has 1 aromatic heterocycles. The third-order valence-corrected chi connectivity index (χ3v) is 5.77. The Bertz CT molecular complexity index is 1110. The molecule has 0 aliphatic carbocycles. The molecular weight excluding hydrogens is 452 g/mol. The Morgan fingerprint density at radius 3 is 2.55 bits per heavy atom. The van der Waals surface area contributed by atoms with Crippen molar-refractivity contribution in [2.24, 2.45) is 0 Å². The number of thioether (sulfide) groups is 1. The number of pyridine rings is 1. The van der Waals surface area contributed by atoms with Crippen molar-refractivity contribution in [2.45, 2.75) is 0 Å². The molecule has 3 heterocycles. The van der Waals surface area contributed by atoms with E-state index in [0.29, 0.717) is 37.6 Å². The number of hydrogen-bond donors (Lipinski definition) is 0. The molecule has 2 saturated heterocycles. The van der Waals surface area contributed by atoms with Gasteiger partial charge in [0, 0.05) is 25.2 Å². The average molecular weight is 470 g/mol. The summed E-state index contributed by atoms with van der Waals surface area (Å²) < 4.78 is 10.8. The van der Waals surface area contributed by atoms with Gasteiger partial charge in [-0.25, -0.2) is 4.98 Å². The van der Waals surface area contributed by atoms with E-state index in [1.165, 1.54) is 12.1 Å². The van der Waals surface area contributed by atoms with E-state index in [9.17, 15) is 24.5 Å². The topological polar surface area (TPSA) is 132 Å². The van der Waals surface area contributed by atoms with Crippen LogP contribution in [-0.2, 0) is 14.3 Å². The van der Waals surface area contributed by atoms with Crippen LogP contribution in [0.4, 0.5) is 10.5 Å². The number of ether oxygens (including phenoxy) is 2. The van der Waals surface area contributed by atoms with Crippen LogP contribution in [0.5, 0.6) is 11.6 Å². The minimum Gasteiger partial charge on any atom is -0.439 e. The van der Waals surface area contributed by atoms with E-state index < -0.39 is 16.1 Å². The summed E-state index contributed by atoms with van der Waals surface area (Å²) in [4.78, 5) is 54.1. The molecule has 0 unspecified atom stereocenters. The molecule has 4 rings (SSSR count). The highest BCUT2D eigenvalue weighted by molar-refractivity contribution is 8.18. The monoisotopic (exact) mass is 470 g/mol. The maximum atomic E-state index is 12.7. The molecule has 12 heteroatoms. The first-order valence-electron chi connectivity index (χ1n) is 9.90. The summed E-state index contributed by atoms with van der Waals surface area (Å²) in [6.07, 6.45) is 2.67. The highest BCUT2D eigenvalue weighted by Gasteiger charge is 2.37. The molecule has 0 bridgehead atoms. The number of carbonyl (C=O) groups is 3. The van der Waals surface area contributed by atoms with E-state index in [1.54, 1.807) is 35.2 Å². The van der Waals surface area contributed by atoms with E-state index in [1.807, 2.05) is 0 Å². The van der Waals surface area contributed by atoms with Crippen LogP contribution in [0.25, 0.3) is 6.08 Å². The Morgan fingerprint density at radius 2 is 1.91 bits per heavy atom. The van der Waals surface area contributed by atoms with Crippen molar-refractivity contribution in [1.29, 1.82) is 0 Å². The summed E-state index contributed by atoms with van der Waals surface area (Å²) >= 11 is 0.783. The van der Waals surface area contributed by atoms with Crippen molar-refractivity contribution in [3.63, 3.8) is 0 Å². The van der Waals surface area contributed by atoms with Gasteiger partial charge in [0.25, 0.3) is 16.8 Å². The lowest BCUT2D eigenvalue weighted by molar-refractivity contribution is -0.385. The van der Waals surface area contributed by atoms with Crippen molar-refractivity contribution < 1.29 is 28.8 Å². The molecule has 170 valence electrons. The Kier molecular flexibility index (Phi) is 6.66. The SMILES string of the molecule is O=C(CN1C(=O)S/C(=C\c2ccc(Oc3ccc([N+](=O)[O-])cn3)cc2)C1=O)N1CCOCC1. The molecule has 11 nitrogen and oxygen atoms in total. The normalized spacial score (nSPS) is 17.5. The second kappa shape index (κ2) is 9.79. The van der Waals surface area contributed by atoms with Crippen LogP contribution in [-0.4, -0.2) is 69.6 Å². The standard InChI is InChI=1S/C21H18N4O7S/c26-19(23-7-9-31-10-8-23)13-24-20(27)17(33-21(24)28)11-14-1-4-16(5-2-14)32-18-6-3-15(12-22-18)25(29)30/h1-6,11-12H,7-10,13H2/b17-11-. The zero-order valence-corrected chi connectivity index (χ0v) is 18.0. The van der Waals surface area contributed by atoms with Crippen LogP contribution in [0.1, 0.15) is 5.56 Å². The number of rotatable bonds is 6. The lowest BCUT2D eigenvalue weighted by atomic mass is 10.2. The van der Waals surface area contributed by atoms with E-state index in [4.69, 9.17) is 9.47 Å². The first-order valence-corrected chi connectivity index (χ1v) is 10.7. The van der Waals surface area contributed by atoms with Crippen molar-refractivity contribution in [1.82, 2.24) is 14.8 Å². The van der Waals surface area contributed by atoms with Gasteiger partial charge in [-0.2, -0.15) is 0 Å². The summed E-state index contributed by atoms with van der Waals surface area (Å²) in [5.41, 5.74) is 0.516.